The Hall–Kier alpha value is -2.41. The van der Waals surface area contributed by atoms with Crippen molar-refractivity contribution >= 4 is 16.0 Å². The zero-order valence-corrected chi connectivity index (χ0v) is 18.2. The number of carbonyl (C=O) groups is 1. The molecule has 2 aromatic heterocycles. The number of hydrogen-bond donors (Lipinski definition) is 1. The monoisotopic (exact) mass is 475 g/mol. The van der Waals surface area contributed by atoms with Gasteiger partial charge in [0.15, 0.2) is 0 Å². The van der Waals surface area contributed by atoms with Gasteiger partial charge in [-0.15, -0.1) is 0 Å². The second kappa shape index (κ2) is 7.87. The van der Waals surface area contributed by atoms with Crippen LogP contribution in [0, 0.1) is 0 Å². The number of alkyl halides is 3. The highest BCUT2D eigenvalue weighted by Crippen LogP contribution is 2.45. The van der Waals surface area contributed by atoms with E-state index in [1.807, 2.05) is 25.6 Å². The summed E-state index contributed by atoms with van der Waals surface area (Å²) in [6.45, 7) is 2.22. The van der Waals surface area contributed by atoms with Gasteiger partial charge in [-0.05, 0) is 32.1 Å². The van der Waals surface area contributed by atoms with Gasteiger partial charge in [-0.1, -0.05) is 0 Å². The van der Waals surface area contributed by atoms with E-state index in [4.69, 9.17) is 14.9 Å². The number of sulfonamides is 1. The first kappa shape index (κ1) is 22.8. The zero-order valence-electron chi connectivity index (χ0n) is 17.4. The van der Waals surface area contributed by atoms with Gasteiger partial charge in [0.2, 0.25) is 10.0 Å². The third-order valence-corrected chi connectivity index (χ3v) is 8.77. The molecule has 176 valence electrons. The number of imidazole rings is 1. The molecule has 2 aromatic rings. The highest BCUT2D eigenvalue weighted by Gasteiger charge is 2.48. The standard InChI is InChI=1S/C17H23N5O2S.C2HF3O2/c1-20-12-13(10-19-20)15-11-18-16-17(6-9-22(15)16)4-7-21(8-5-17)25(23,24)14-2-3-14;3-2(4,5)1(6)7/h10-12,14H,2-9H2,1H3;(H,6,7). The minimum absolute atomic E-state index is 0.0377. The Balaban J connectivity index is 0.000000307. The van der Waals surface area contributed by atoms with Crippen LogP contribution in [0.2, 0.25) is 0 Å². The molecule has 3 aliphatic rings. The molecule has 0 bridgehead atoms. The number of aliphatic carboxylic acids is 1. The predicted octanol–water partition coefficient (Wildman–Crippen LogP) is 2.15. The molecule has 0 atom stereocenters. The fourth-order valence-electron chi connectivity index (χ4n) is 4.47. The number of piperidine rings is 1. The van der Waals surface area contributed by atoms with E-state index >= 15 is 0 Å². The van der Waals surface area contributed by atoms with Crippen LogP contribution in [-0.4, -0.2) is 67.6 Å². The fraction of sp³-hybridized carbons (Fsp3) is 0.632. The van der Waals surface area contributed by atoms with E-state index in [1.54, 1.807) is 8.99 Å². The Morgan fingerprint density at radius 2 is 1.75 bits per heavy atom. The molecule has 0 amide bonds. The van der Waals surface area contributed by atoms with E-state index < -0.39 is 22.2 Å². The lowest BCUT2D eigenvalue weighted by atomic mass is 9.77. The van der Waals surface area contributed by atoms with Gasteiger partial charge >= 0.3 is 12.1 Å². The molecular formula is C19H24F3N5O4S. The first-order valence-electron chi connectivity index (χ1n) is 10.3. The van der Waals surface area contributed by atoms with Crippen LogP contribution in [0.4, 0.5) is 13.2 Å². The van der Waals surface area contributed by atoms with Crippen molar-refractivity contribution in [1.82, 2.24) is 23.6 Å². The second-order valence-electron chi connectivity index (χ2n) is 8.50. The summed E-state index contributed by atoms with van der Waals surface area (Å²) >= 11 is 0. The van der Waals surface area contributed by atoms with Crippen LogP contribution in [-0.2, 0) is 33.8 Å². The van der Waals surface area contributed by atoms with Crippen LogP contribution in [0.25, 0.3) is 11.3 Å². The van der Waals surface area contributed by atoms with Gasteiger partial charge in [-0.25, -0.2) is 22.5 Å². The van der Waals surface area contributed by atoms with Gasteiger partial charge < -0.3 is 9.67 Å². The third-order valence-electron chi connectivity index (χ3n) is 6.37. The molecule has 0 aromatic carbocycles. The molecule has 1 saturated heterocycles. The Kier molecular flexibility index (Phi) is 5.60. The quantitative estimate of drug-likeness (QED) is 0.729. The summed E-state index contributed by atoms with van der Waals surface area (Å²) in [7, 11) is -1.13. The molecule has 13 heteroatoms. The van der Waals surface area contributed by atoms with Crippen molar-refractivity contribution in [2.75, 3.05) is 13.1 Å². The van der Waals surface area contributed by atoms with Gasteiger partial charge in [-0.2, -0.15) is 18.3 Å². The number of rotatable bonds is 3. The van der Waals surface area contributed by atoms with Crippen molar-refractivity contribution in [2.45, 2.75) is 55.5 Å². The molecule has 0 radical (unpaired) electrons. The van der Waals surface area contributed by atoms with E-state index in [2.05, 4.69) is 9.67 Å². The molecular weight excluding hydrogens is 451 g/mol. The molecule has 1 saturated carbocycles. The molecule has 32 heavy (non-hydrogen) atoms. The van der Waals surface area contributed by atoms with E-state index in [0.717, 1.165) is 55.7 Å². The predicted molar refractivity (Wildman–Crippen MR) is 107 cm³/mol. The summed E-state index contributed by atoms with van der Waals surface area (Å²) in [5, 5.41) is 11.3. The summed E-state index contributed by atoms with van der Waals surface area (Å²) in [6.07, 6.45) is 5.23. The van der Waals surface area contributed by atoms with E-state index in [9.17, 15) is 21.6 Å². The minimum Gasteiger partial charge on any atom is -0.475 e. The lowest BCUT2D eigenvalue weighted by molar-refractivity contribution is -0.192. The molecule has 2 fully saturated rings. The van der Waals surface area contributed by atoms with Gasteiger partial charge in [0, 0.05) is 43.9 Å². The van der Waals surface area contributed by atoms with Crippen molar-refractivity contribution in [3.8, 4) is 11.3 Å². The first-order valence-corrected chi connectivity index (χ1v) is 11.8. The smallest absolute Gasteiger partial charge is 0.475 e. The second-order valence-corrected chi connectivity index (χ2v) is 10.7. The lowest BCUT2D eigenvalue weighted by Crippen LogP contribution is -2.45. The van der Waals surface area contributed by atoms with Crippen molar-refractivity contribution in [1.29, 1.82) is 0 Å². The Labute approximate surface area is 182 Å². The Morgan fingerprint density at radius 3 is 2.25 bits per heavy atom. The maximum Gasteiger partial charge on any atom is 0.490 e. The highest BCUT2D eigenvalue weighted by atomic mass is 32.2. The summed E-state index contributed by atoms with van der Waals surface area (Å²) in [6, 6.07) is 0. The maximum atomic E-state index is 12.5. The summed E-state index contributed by atoms with van der Waals surface area (Å²) in [5.74, 6) is -1.62. The largest absolute Gasteiger partial charge is 0.490 e. The zero-order chi connectivity index (χ0) is 23.3. The number of fused-ring (bicyclic) bond motifs is 2. The number of aromatic nitrogens is 4. The fourth-order valence-corrected chi connectivity index (χ4v) is 6.31. The molecule has 5 rings (SSSR count). The van der Waals surface area contributed by atoms with Crippen molar-refractivity contribution in [3.05, 3.63) is 24.4 Å². The van der Waals surface area contributed by atoms with Crippen LogP contribution >= 0.6 is 0 Å². The maximum absolute atomic E-state index is 12.5. The molecule has 0 unspecified atom stereocenters. The van der Waals surface area contributed by atoms with Gasteiger partial charge in [0.25, 0.3) is 0 Å². The van der Waals surface area contributed by atoms with Crippen molar-refractivity contribution in [3.63, 3.8) is 0 Å². The molecule has 1 aliphatic carbocycles. The Bertz CT molecular complexity index is 1110. The SMILES string of the molecule is Cn1cc(-c2cnc3n2CCC32CCN(S(=O)(=O)C3CC3)CC2)cn1.O=C(O)C(F)(F)F. The van der Waals surface area contributed by atoms with Crippen LogP contribution in [0.3, 0.4) is 0 Å². The number of nitrogens with zero attached hydrogens (tertiary/aromatic N) is 5. The molecule has 2 aliphatic heterocycles. The average Bonchev–Trinajstić information content (AvgIpc) is 3.24. The number of carboxylic acid groups (broad SMARTS) is 1. The van der Waals surface area contributed by atoms with E-state index in [0.29, 0.717) is 13.1 Å². The van der Waals surface area contributed by atoms with Gasteiger partial charge in [0.05, 0.1) is 23.3 Å². The minimum atomic E-state index is -5.08. The van der Waals surface area contributed by atoms with Crippen LogP contribution < -0.4 is 0 Å². The normalized spacial score (nSPS) is 20.6. The molecule has 1 spiro atoms. The number of carboxylic acids is 1. The highest BCUT2D eigenvalue weighted by molar-refractivity contribution is 7.90. The number of halogens is 3. The lowest BCUT2D eigenvalue weighted by Gasteiger charge is -2.37. The third kappa shape index (κ3) is 4.15. The summed E-state index contributed by atoms with van der Waals surface area (Å²) < 4.78 is 62.5. The molecule has 9 nitrogen and oxygen atoms in total. The first-order chi connectivity index (χ1) is 14.9. The summed E-state index contributed by atoms with van der Waals surface area (Å²) in [4.78, 5) is 13.6. The average molecular weight is 475 g/mol. The van der Waals surface area contributed by atoms with E-state index in [-0.39, 0.29) is 10.7 Å². The van der Waals surface area contributed by atoms with Crippen molar-refractivity contribution in [2.24, 2.45) is 7.05 Å². The van der Waals surface area contributed by atoms with E-state index in [1.165, 1.54) is 0 Å². The number of hydrogen-bond acceptors (Lipinski definition) is 5. The van der Waals surface area contributed by atoms with Crippen LogP contribution in [0.1, 0.15) is 37.9 Å². The van der Waals surface area contributed by atoms with Gasteiger partial charge in [0.1, 0.15) is 5.82 Å². The molecule has 4 heterocycles. The Morgan fingerprint density at radius 1 is 1.16 bits per heavy atom. The van der Waals surface area contributed by atoms with Crippen LogP contribution in [0.5, 0.6) is 0 Å². The van der Waals surface area contributed by atoms with Crippen molar-refractivity contribution < 1.29 is 31.5 Å². The number of aryl methyl sites for hydroxylation is 1. The topological polar surface area (TPSA) is 110 Å². The van der Waals surface area contributed by atoms with Gasteiger partial charge in [-0.3, -0.25) is 4.68 Å². The molecule has 1 N–H and O–H groups in total. The van der Waals surface area contributed by atoms with Crippen LogP contribution in [0.15, 0.2) is 18.6 Å². The summed E-state index contributed by atoms with van der Waals surface area (Å²) in [5.41, 5.74) is 2.25.